The highest BCUT2D eigenvalue weighted by Crippen LogP contribution is 2.28. The van der Waals surface area contributed by atoms with Gasteiger partial charge in [0.05, 0.1) is 6.04 Å². The molecule has 1 unspecified atom stereocenters. The fourth-order valence-corrected chi connectivity index (χ4v) is 2.04. The van der Waals surface area contributed by atoms with E-state index < -0.39 is 0 Å². The summed E-state index contributed by atoms with van der Waals surface area (Å²) in [7, 11) is 0. The van der Waals surface area contributed by atoms with Gasteiger partial charge in [-0.1, -0.05) is 35.9 Å². The van der Waals surface area contributed by atoms with Gasteiger partial charge < -0.3 is 10.4 Å². The average Bonchev–Trinajstić information content (AvgIpc) is 2.34. The lowest BCUT2D eigenvalue weighted by molar-refractivity contribution is 0.465. The summed E-state index contributed by atoms with van der Waals surface area (Å²) in [4.78, 5) is 0. The first-order chi connectivity index (χ1) is 8.58. The van der Waals surface area contributed by atoms with Crippen molar-refractivity contribution in [3.8, 4) is 5.75 Å². The van der Waals surface area contributed by atoms with Gasteiger partial charge in [-0.15, -0.1) is 0 Å². The normalized spacial score (nSPS) is 12.2. The van der Waals surface area contributed by atoms with Gasteiger partial charge in [0.25, 0.3) is 0 Å². The van der Waals surface area contributed by atoms with Crippen molar-refractivity contribution in [2.45, 2.75) is 19.9 Å². The fourth-order valence-electron chi connectivity index (χ4n) is 1.86. The van der Waals surface area contributed by atoms with Crippen LogP contribution >= 0.6 is 11.6 Å². The number of hydrogen-bond acceptors (Lipinski definition) is 2. The molecular formula is C15H16ClNO. The van der Waals surface area contributed by atoms with Crippen molar-refractivity contribution in [1.29, 1.82) is 0 Å². The van der Waals surface area contributed by atoms with E-state index in [9.17, 15) is 5.11 Å². The largest absolute Gasteiger partial charge is 0.508 e. The Kier molecular flexibility index (Phi) is 3.78. The number of rotatable bonds is 3. The van der Waals surface area contributed by atoms with Crippen molar-refractivity contribution in [3.05, 3.63) is 58.6 Å². The predicted octanol–water partition coefficient (Wildman–Crippen LogP) is 4.53. The molecule has 2 nitrogen and oxygen atoms in total. The Morgan fingerprint density at radius 3 is 2.56 bits per heavy atom. The Balaban J connectivity index is 2.19. The molecule has 0 amide bonds. The summed E-state index contributed by atoms with van der Waals surface area (Å²) in [5.41, 5.74) is 2.87. The van der Waals surface area contributed by atoms with E-state index in [2.05, 4.69) is 5.32 Å². The first kappa shape index (κ1) is 12.8. The third kappa shape index (κ3) is 2.77. The standard InChI is InChI=1S/C15H16ClNO/c1-10-7-8-12(9-14(10)16)17-11(2)13-5-3-4-6-15(13)18/h3-9,11,17-18H,1-2H3. The van der Waals surface area contributed by atoms with Gasteiger partial charge in [0.1, 0.15) is 5.75 Å². The molecule has 0 aliphatic heterocycles. The third-order valence-electron chi connectivity index (χ3n) is 2.96. The Morgan fingerprint density at radius 1 is 1.17 bits per heavy atom. The van der Waals surface area contributed by atoms with Crippen LogP contribution in [0.2, 0.25) is 5.02 Å². The number of para-hydroxylation sites is 1. The van der Waals surface area contributed by atoms with Gasteiger partial charge in [-0.25, -0.2) is 0 Å². The lowest BCUT2D eigenvalue weighted by Gasteiger charge is -2.17. The van der Waals surface area contributed by atoms with E-state index in [1.165, 1.54) is 0 Å². The molecule has 3 heteroatoms. The number of hydrogen-bond donors (Lipinski definition) is 2. The van der Waals surface area contributed by atoms with Crippen molar-refractivity contribution in [2.24, 2.45) is 0 Å². The Labute approximate surface area is 112 Å². The number of anilines is 1. The predicted molar refractivity (Wildman–Crippen MR) is 76.3 cm³/mol. The van der Waals surface area contributed by atoms with Gasteiger partial charge in [-0.2, -0.15) is 0 Å². The molecule has 0 bridgehead atoms. The summed E-state index contributed by atoms with van der Waals surface area (Å²) in [6, 6.07) is 13.2. The van der Waals surface area contributed by atoms with Gasteiger partial charge in [0.15, 0.2) is 0 Å². The molecule has 0 aliphatic rings. The molecule has 2 aromatic rings. The van der Waals surface area contributed by atoms with Crippen LogP contribution in [0.5, 0.6) is 5.75 Å². The Bertz CT molecular complexity index is 554. The molecule has 0 fully saturated rings. The maximum Gasteiger partial charge on any atom is 0.120 e. The summed E-state index contributed by atoms with van der Waals surface area (Å²) in [6.07, 6.45) is 0. The van der Waals surface area contributed by atoms with Crippen molar-refractivity contribution in [3.63, 3.8) is 0 Å². The van der Waals surface area contributed by atoms with Crippen LogP contribution in [0.3, 0.4) is 0 Å². The van der Waals surface area contributed by atoms with E-state index in [1.54, 1.807) is 6.07 Å². The van der Waals surface area contributed by atoms with Gasteiger partial charge in [-0.3, -0.25) is 0 Å². The molecule has 0 saturated carbocycles. The summed E-state index contributed by atoms with van der Waals surface area (Å²) in [5, 5.41) is 13.9. The van der Waals surface area contributed by atoms with E-state index >= 15 is 0 Å². The van der Waals surface area contributed by atoms with Crippen LogP contribution in [0.1, 0.15) is 24.1 Å². The van der Waals surface area contributed by atoms with Gasteiger partial charge >= 0.3 is 0 Å². The highest BCUT2D eigenvalue weighted by Gasteiger charge is 2.09. The van der Waals surface area contributed by atoms with Gasteiger partial charge in [0.2, 0.25) is 0 Å². The number of halogens is 1. The maximum absolute atomic E-state index is 9.79. The summed E-state index contributed by atoms with van der Waals surface area (Å²) < 4.78 is 0. The lowest BCUT2D eigenvalue weighted by atomic mass is 10.1. The number of nitrogens with one attached hydrogen (secondary N) is 1. The lowest BCUT2D eigenvalue weighted by Crippen LogP contribution is -2.06. The Morgan fingerprint density at radius 2 is 1.89 bits per heavy atom. The number of aromatic hydroxyl groups is 1. The maximum atomic E-state index is 9.79. The third-order valence-corrected chi connectivity index (χ3v) is 3.37. The summed E-state index contributed by atoms with van der Waals surface area (Å²) in [6.45, 7) is 3.97. The number of benzene rings is 2. The topological polar surface area (TPSA) is 32.3 Å². The molecule has 1 atom stereocenters. The molecule has 94 valence electrons. The number of phenols is 1. The van der Waals surface area contributed by atoms with Crippen LogP contribution < -0.4 is 5.32 Å². The minimum atomic E-state index is 0.0185. The molecule has 0 aliphatic carbocycles. The van der Waals surface area contributed by atoms with Crippen LogP contribution in [0, 0.1) is 6.92 Å². The smallest absolute Gasteiger partial charge is 0.120 e. The minimum Gasteiger partial charge on any atom is -0.508 e. The zero-order chi connectivity index (χ0) is 13.1. The van der Waals surface area contributed by atoms with E-state index in [4.69, 9.17) is 11.6 Å². The van der Waals surface area contributed by atoms with E-state index in [0.29, 0.717) is 5.75 Å². The molecular weight excluding hydrogens is 246 g/mol. The molecule has 0 heterocycles. The first-order valence-corrected chi connectivity index (χ1v) is 6.26. The van der Waals surface area contributed by atoms with E-state index in [-0.39, 0.29) is 6.04 Å². The molecule has 2 rings (SSSR count). The average molecular weight is 262 g/mol. The molecule has 2 N–H and O–H groups in total. The fraction of sp³-hybridized carbons (Fsp3) is 0.200. The first-order valence-electron chi connectivity index (χ1n) is 5.88. The van der Waals surface area contributed by atoms with Crippen molar-refractivity contribution in [2.75, 3.05) is 5.32 Å². The van der Waals surface area contributed by atoms with Gasteiger partial charge in [0, 0.05) is 16.3 Å². The molecule has 0 spiro atoms. The highest BCUT2D eigenvalue weighted by atomic mass is 35.5. The van der Waals surface area contributed by atoms with Gasteiger partial charge in [-0.05, 0) is 37.6 Å². The molecule has 18 heavy (non-hydrogen) atoms. The van der Waals surface area contributed by atoms with Crippen molar-refractivity contribution in [1.82, 2.24) is 0 Å². The van der Waals surface area contributed by atoms with Crippen molar-refractivity contribution < 1.29 is 5.11 Å². The molecule has 0 aromatic heterocycles. The SMILES string of the molecule is Cc1ccc(NC(C)c2ccccc2O)cc1Cl. The van der Waals surface area contributed by atoms with E-state index in [0.717, 1.165) is 21.8 Å². The zero-order valence-electron chi connectivity index (χ0n) is 10.4. The second-order valence-electron chi connectivity index (χ2n) is 4.39. The second-order valence-corrected chi connectivity index (χ2v) is 4.80. The zero-order valence-corrected chi connectivity index (χ0v) is 11.2. The molecule has 0 radical (unpaired) electrons. The summed E-state index contributed by atoms with van der Waals surface area (Å²) >= 11 is 6.09. The quantitative estimate of drug-likeness (QED) is 0.851. The van der Waals surface area contributed by atoms with Crippen LogP contribution in [-0.4, -0.2) is 5.11 Å². The number of aryl methyl sites for hydroxylation is 1. The van der Waals surface area contributed by atoms with Crippen LogP contribution in [0.15, 0.2) is 42.5 Å². The minimum absolute atomic E-state index is 0.0185. The van der Waals surface area contributed by atoms with Crippen molar-refractivity contribution >= 4 is 17.3 Å². The molecule has 0 saturated heterocycles. The monoisotopic (exact) mass is 261 g/mol. The van der Waals surface area contributed by atoms with Crippen LogP contribution in [-0.2, 0) is 0 Å². The molecule has 2 aromatic carbocycles. The van der Waals surface area contributed by atoms with Crippen LogP contribution in [0.25, 0.3) is 0 Å². The summed E-state index contributed by atoms with van der Waals surface area (Å²) in [5.74, 6) is 0.302. The van der Waals surface area contributed by atoms with E-state index in [1.807, 2.05) is 50.2 Å². The Hall–Kier alpha value is -1.67. The highest BCUT2D eigenvalue weighted by molar-refractivity contribution is 6.31. The number of phenolic OH excluding ortho intramolecular Hbond substituents is 1. The van der Waals surface area contributed by atoms with Crippen LogP contribution in [0.4, 0.5) is 5.69 Å². The second kappa shape index (κ2) is 5.32.